The van der Waals surface area contributed by atoms with E-state index in [0.717, 1.165) is 11.1 Å². The minimum atomic E-state index is -0.972. The van der Waals surface area contributed by atoms with Gasteiger partial charge in [-0.15, -0.1) is 0 Å². The number of benzene rings is 2. The quantitative estimate of drug-likeness (QED) is 0.938. The van der Waals surface area contributed by atoms with Crippen molar-refractivity contribution in [1.29, 1.82) is 0 Å². The summed E-state index contributed by atoms with van der Waals surface area (Å²) < 4.78 is 12.2. The van der Waals surface area contributed by atoms with Crippen LogP contribution in [0.1, 0.15) is 24.5 Å². The average Bonchev–Trinajstić information content (AvgIpc) is 2.96. The second-order valence-electron chi connectivity index (χ2n) is 6.14. The molecule has 3 atom stereocenters. The minimum Gasteiger partial charge on any atom is -0.467 e. The van der Waals surface area contributed by atoms with Crippen LogP contribution in [0.2, 0.25) is 0 Å². The molecule has 0 amide bonds. The highest BCUT2D eigenvalue weighted by atomic mass is 16.7. The first kappa shape index (κ1) is 14.5. The van der Waals surface area contributed by atoms with Crippen molar-refractivity contribution in [3.05, 3.63) is 84.1 Å². The molecule has 0 aliphatic carbocycles. The second-order valence-corrected chi connectivity index (χ2v) is 6.14. The first-order valence-corrected chi connectivity index (χ1v) is 8.08. The van der Waals surface area contributed by atoms with Gasteiger partial charge in [0.15, 0.2) is 0 Å². The molecule has 1 saturated heterocycles. The van der Waals surface area contributed by atoms with Crippen molar-refractivity contribution < 1.29 is 14.6 Å². The minimum absolute atomic E-state index is 0.0604. The molecular weight excluding hydrogens is 288 g/mol. The number of fused-ring (bicyclic) bond motifs is 1. The molecule has 2 aromatic carbocycles. The first-order valence-electron chi connectivity index (χ1n) is 8.08. The number of rotatable bonds is 4. The van der Waals surface area contributed by atoms with Gasteiger partial charge in [-0.3, -0.25) is 0 Å². The number of hydrogen-bond donors (Lipinski definition) is 1. The molecule has 1 N–H and O–H groups in total. The third-order valence-electron chi connectivity index (χ3n) is 4.97. The highest BCUT2D eigenvalue weighted by Crippen LogP contribution is 2.62. The maximum Gasteiger partial charge on any atom is 0.246 e. The fourth-order valence-corrected chi connectivity index (χ4v) is 3.85. The Kier molecular flexibility index (Phi) is 3.29. The van der Waals surface area contributed by atoms with E-state index in [1.165, 1.54) is 0 Å². The Hall–Kier alpha value is -2.10. The summed E-state index contributed by atoms with van der Waals surface area (Å²) >= 11 is 0. The Morgan fingerprint density at radius 2 is 1.57 bits per heavy atom. The van der Waals surface area contributed by atoms with E-state index in [2.05, 4.69) is 24.3 Å². The third-order valence-corrected chi connectivity index (χ3v) is 4.97. The van der Waals surface area contributed by atoms with E-state index in [-0.39, 0.29) is 5.92 Å². The molecule has 0 spiro atoms. The second kappa shape index (κ2) is 5.22. The summed E-state index contributed by atoms with van der Waals surface area (Å²) in [5.41, 5.74) is 1.53. The highest BCUT2D eigenvalue weighted by Gasteiger charge is 2.71. The molecule has 4 rings (SSSR count). The maximum atomic E-state index is 10.5. The molecule has 23 heavy (non-hydrogen) atoms. The lowest BCUT2D eigenvalue weighted by Crippen LogP contribution is -2.70. The van der Waals surface area contributed by atoms with E-state index < -0.39 is 17.5 Å². The monoisotopic (exact) mass is 308 g/mol. The Labute approximate surface area is 136 Å². The van der Waals surface area contributed by atoms with Crippen LogP contribution in [0.3, 0.4) is 0 Å². The van der Waals surface area contributed by atoms with Crippen LogP contribution in [0.15, 0.2) is 73.0 Å². The Bertz CT molecular complexity index is 671. The molecule has 0 bridgehead atoms. The van der Waals surface area contributed by atoms with E-state index in [4.69, 9.17) is 9.47 Å². The fraction of sp³-hybridized carbons (Fsp3) is 0.300. The third kappa shape index (κ3) is 1.84. The van der Waals surface area contributed by atoms with Crippen LogP contribution in [-0.2, 0) is 15.1 Å². The smallest absolute Gasteiger partial charge is 0.246 e. The zero-order chi connectivity index (χ0) is 15.9. The molecule has 3 heteroatoms. The van der Waals surface area contributed by atoms with Crippen molar-refractivity contribution in [1.82, 2.24) is 0 Å². The SMILES string of the molecule is CC[C@@H](O)[C@@]12OC=C[C@@H]1C(c1ccccc1)(c1ccccc1)O2. The van der Waals surface area contributed by atoms with Crippen LogP contribution >= 0.6 is 0 Å². The predicted octanol–water partition coefficient (Wildman–Crippen LogP) is 3.59. The van der Waals surface area contributed by atoms with Crippen molar-refractivity contribution in [3.8, 4) is 0 Å². The van der Waals surface area contributed by atoms with Crippen LogP contribution in [0.4, 0.5) is 0 Å². The van der Waals surface area contributed by atoms with Gasteiger partial charge in [0.1, 0.15) is 11.7 Å². The van der Waals surface area contributed by atoms with Gasteiger partial charge in [0, 0.05) is 0 Å². The normalized spacial score (nSPS) is 28.5. The number of hydrogen-bond acceptors (Lipinski definition) is 3. The largest absolute Gasteiger partial charge is 0.467 e. The van der Waals surface area contributed by atoms with E-state index >= 15 is 0 Å². The molecule has 2 heterocycles. The molecule has 0 unspecified atom stereocenters. The molecule has 0 radical (unpaired) electrons. The Morgan fingerprint density at radius 1 is 1.00 bits per heavy atom. The molecule has 3 nitrogen and oxygen atoms in total. The molecule has 1 fully saturated rings. The van der Waals surface area contributed by atoms with Crippen LogP contribution in [0, 0.1) is 5.92 Å². The summed E-state index contributed by atoms with van der Waals surface area (Å²) in [5.74, 6) is -1.03. The summed E-state index contributed by atoms with van der Waals surface area (Å²) in [6.07, 6.45) is 3.60. The summed E-state index contributed by atoms with van der Waals surface area (Å²) in [6, 6.07) is 20.3. The van der Waals surface area contributed by atoms with Gasteiger partial charge in [-0.05, 0) is 23.6 Å². The predicted molar refractivity (Wildman–Crippen MR) is 87.5 cm³/mol. The van der Waals surface area contributed by atoms with Gasteiger partial charge in [0.25, 0.3) is 0 Å². The van der Waals surface area contributed by atoms with E-state index in [1.54, 1.807) is 6.26 Å². The van der Waals surface area contributed by atoms with Crippen LogP contribution in [0.25, 0.3) is 0 Å². The van der Waals surface area contributed by atoms with E-state index in [1.807, 2.05) is 49.4 Å². The Morgan fingerprint density at radius 3 is 2.09 bits per heavy atom. The molecule has 2 aromatic rings. The first-order chi connectivity index (χ1) is 11.2. The molecule has 2 aliphatic heterocycles. The van der Waals surface area contributed by atoms with Crippen molar-refractivity contribution in [2.24, 2.45) is 5.92 Å². The van der Waals surface area contributed by atoms with Gasteiger partial charge in [-0.25, -0.2) is 0 Å². The van der Waals surface area contributed by atoms with Gasteiger partial charge in [-0.2, -0.15) is 0 Å². The summed E-state index contributed by atoms with van der Waals surface area (Å²) in [7, 11) is 0. The summed E-state index contributed by atoms with van der Waals surface area (Å²) in [4.78, 5) is 0. The Balaban J connectivity index is 1.86. The van der Waals surface area contributed by atoms with Gasteiger partial charge in [0.05, 0.1) is 12.2 Å². The zero-order valence-electron chi connectivity index (χ0n) is 13.1. The molecular formula is C20H20O3. The van der Waals surface area contributed by atoms with Gasteiger partial charge < -0.3 is 14.6 Å². The lowest BCUT2D eigenvalue weighted by molar-refractivity contribution is -0.410. The summed E-state index contributed by atoms with van der Waals surface area (Å²) in [6.45, 7) is 1.94. The maximum absolute atomic E-state index is 10.5. The van der Waals surface area contributed by atoms with Crippen LogP contribution in [-0.4, -0.2) is 17.0 Å². The highest BCUT2D eigenvalue weighted by molar-refractivity contribution is 5.44. The van der Waals surface area contributed by atoms with Crippen molar-refractivity contribution in [2.45, 2.75) is 30.8 Å². The standard InChI is InChI=1S/C20H20O3/c1-2-18(21)20-17(13-14-22-20)19(23-20,15-9-5-3-6-10-15)16-11-7-4-8-12-16/h3-14,17-18,21H,2H2,1H3/t17-,18-,20-/m1/s1. The van der Waals surface area contributed by atoms with Crippen molar-refractivity contribution in [2.75, 3.05) is 0 Å². The molecule has 2 aliphatic rings. The molecule has 0 aromatic heterocycles. The lowest BCUT2D eigenvalue weighted by Gasteiger charge is -2.59. The summed E-state index contributed by atoms with van der Waals surface area (Å²) in [5, 5.41) is 10.5. The van der Waals surface area contributed by atoms with Gasteiger partial charge in [-0.1, -0.05) is 67.6 Å². The van der Waals surface area contributed by atoms with E-state index in [9.17, 15) is 5.11 Å². The fourth-order valence-electron chi connectivity index (χ4n) is 3.85. The molecule has 118 valence electrons. The number of ether oxygens (including phenoxy) is 2. The lowest BCUT2D eigenvalue weighted by atomic mass is 9.65. The van der Waals surface area contributed by atoms with Crippen molar-refractivity contribution in [3.63, 3.8) is 0 Å². The topological polar surface area (TPSA) is 38.7 Å². The van der Waals surface area contributed by atoms with Crippen molar-refractivity contribution >= 4 is 0 Å². The van der Waals surface area contributed by atoms with Gasteiger partial charge >= 0.3 is 0 Å². The number of aliphatic hydroxyl groups is 1. The van der Waals surface area contributed by atoms with E-state index in [0.29, 0.717) is 6.42 Å². The zero-order valence-corrected chi connectivity index (χ0v) is 13.1. The molecule has 0 saturated carbocycles. The van der Waals surface area contributed by atoms with Crippen LogP contribution in [0.5, 0.6) is 0 Å². The van der Waals surface area contributed by atoms with Gasteiger partial charge in [0.2, 0.25) is 5.79 Å². The van der Waals surface area contributed by atoms with Crippen LogP contribution < -0.4 is 0 Å². The average molecular weight is 308 g/mol. The number of aliphatic hydroxyl groups excluding tert-OH is 1.